The summed E-state index contributed by atoms with van der Waals surface area (Å²) < 4.78 is 10.2. The summed E-state index contributed by atoms with van der Waals surface area (Å²) in [6.45, 7) is 9.33. The molecule has 0 radical (unpaired) electrons. The van der Waals surface area contributed by atoms with Gasteiger partial charge >= 0.3 is 12.1 Å². The smallest absolute Gasteiger partial charge is 0.407 e. The Balaban J connectivity index is 2.64. The molecule has 6 nitrogen and oxygen atoms in total. The SMILES string of the molecule is CCOC(=O)C1(CNC(=O)OC(C)(C)C)NC=C(C)S1. The van der Waals surface area contributed by atoms with Gasteiger partial charge in [-0.05, 0) is 34.6 Å². The van der Waals surface area contributed by atoms with Crippen molar-refractivity contribution in [2.45, 2.75) is 45.1 Å². The highest BCUT2D eigenvalue weighted by atomic mass is 32.2. The van der Waals surface area contributed by atoms with Gasteiger partial charge < -0.3 is 20.1 Å². The second-order valence-electron chi connectivity index (χ2n) is 5.40. The fourth-order valence-electron chi connectivity index (χ4n) is 1.57. The molecule has 0 aromatic heterocycles. The molecule has 1 atom stereocenters. The standard InChI is InChI=1S/C13H22N2O4S/c1-6-18-10(16)13(15-7-9(2)20-13)8-14-11(17)19-12(3,4)5/h7,15H,6,8H2,1-5H3,(H,14,17). The van der Waals surface area contributed by atoms with Crippen molar-refractivity contribution < 1.29 is 19.1 Å². The number of alkyl carbamates (subject to hydrolysis) is 1. The molecule has 1 aliphatic heterocycles. The number of hydrogen-bond donors (Lipinski definition) is 2. The van der Waals surface area contributed by atoms with Gasteiger partial charge in [-0.25, -0.2) is 9.59 Å². The van der Waals surface area contributed by atoms with E-state index in [9.17, 15) is 9.59 Å². The van der Waals surface area contributed by atoms with Crippen LogP contribution in [0.4, 0.5) is 4.79 Å². The van der Waals surface area contributed by atoms with Gasteiger partial charge in [-0.15, -0.1) is 0 Å². The Kier molecular flexibility index (Phi) is 5.33. The Morgan fingerprint density at radius 2 is 2.10 bits per heavy atom. The summed E-state index contributed by atoms with van der Waals surface area (Å²) in [4.78, 5) is 23.7. The summed E-state index contributed by atoms with van der Waals surface area (Å²) in [5, 5.41) is 5.58. The Bertz CT molecular complexity index is 417. The maximum absolute atomic E-state index is 12.1. The van der Waals surface area contributed by atoms with Gasteiger partial charge in [0, 0.05) is 11.1 Å². The molecule has 0 aromatic carbocycles. The minimum atomic E-state index is -1.02. The molecular weight excluding hydrogens is 280 g/mol. The van der Waals surface area contributed by atoms with Gasteiger partial charge in [0.1, 0.15) is 5.60 Å². The minimum Gasteiger partial charge on any atom is -0.464 e. The topological polar surface area (TPSA) is 76.7 Å². The summed E-state index contributed by atoms with van der Waals surface area (Å²) in [6.07, 6.45) is 1.17. The predicted octanol–water partition coefficient (Wildman–Crippen LogP) is 1.97. The number of carbonyl (C=O) groups excluding carboxylic acids is 2. The van der Waals surface area contributed by atoms with E-state index in [1.165, 1.54) is 11.8 Å². The van der Waals surface area contributed by atoms with Crippen LogP contribution in [0, 0.1) is 0 Å². The van der Waals surface area contributed by atoms with E-state index >= 15 is 0 Å². The first kappa shape index (κ1) is 16.7. The van der Waals surface area contributed by atoms with Crippen LogP contribution in [0.5, 0.6) is 0 Å². The maximum atomic E-state index is 12.1. The number of amides is 1. The summed E-state index contributed by atoms with van der Waals surface area (Å²) in [5.74, 6) is -0.408. The lowest BCUT2D eigenvalue weighted by Crippen LogP contribution is -2.54. The largest absolute Gasteiger partial charge is 0.464 e. The van der Waals surface area contributed by atoms with Crippen LogP contribution in [0.2, 0.25) is 0 Å². The molecule has 1 rings (SSSR count). The quantitative estimate of drug-likeness (QED) is 0.773. The Hall–Kier alpha value is -1.37. The van der Waals surface area contributed by atoms with Crippen LogP contribution in [0.1, 0.15) is 34.6 Å². The number of allylic oxidation sites excluding steroid dienone is 1. The average Bonchev–Trinajstić information content (AvgIpc) is 2.68. The van der Waals surface area contributed by atoms with E-state index in [4.69, 9.17) is 9.47 Å². The van der Waals surface area contributed by atoms with Crippen molar-refractivity contribution in [3.8, 4) is 0 Å². The summed E-state index contributed by atoms with van der Waals surface area (Å²) in [6, 6.07) is 0. The zero-order chi connectivity index (χ0) is 15.4. The first-order valence-corrected chi connectivity index (χ1v) is 7.28. The van der Waals surface area contributed by atoms with E-state index in [0.717, 1.165) is 4.91 Å². The number of esters is 1. The number of nitrogens with one attached hydrogen (secondary N) is 2. The van der Waals surface area contributed by atoms with Crippen LogP contribution in [0.3, 0.4) is 0 Å². The van der Waals surface area contributed by atoms with Crippen molar-refractivity contribution in [1.29, 1.82) is 0 Å². The van der Waals surface area contributed by atoms with Crippen LogP contribution in [-0.4, -0.2) is 35.7 Å². The molecule has 1 heterocycles. The number of thioether (sulfide) groups is 1. The lowest BCUT2D eigenvalue weighted by atomic mass is 10.2. The van der Waals surface area contributed by atoms with E-state index in [0.29, 0.717) is 0 Å². The van der Waals surface area contributed by atoms with Crippen molar-refractivity contribution in [3.63, 3.8) is 0 Å². The molecular formula is C13H22N2O4S. The van der Waals surface area contributed by atoms with Crippen LogP contribution in [-0.2, 0) is 14.3 Å². The molecule has 2 N–H and O–H groups in total. The van der Waals surface area contributed by atoms with E-state index in [-0.39, 0.29) is 13.2 Å². The third-order valence-corrected chi connectivity index (χ3v) is 3.55. The van der Waals surface area contributed by atoms with Crippen LogP contribution >= 0.6 is 11.8 Å². The van der Waals surface area contributed by atoms with E-state index < -0.39 is 22.5 Å². The second-order valence-corrected chi connectivity index (χ2v) is 6.95. The number of carbonyl (C=O) groups is 2. The lowest BCUT2D eigenvalue weighted by Gasteiger charge is -2.28. The monoisotopic (exact) mass is 302 g/mol. The number of hydrogen-bond acceptors (Lipinski definition) is 6. The summed E-state index contributed by atoms with van der Waals surface area (Å²) in [7, 11) is 0. The third-order valence-electron chi connectivity index (χ3n) is 2.33. The number of rotatable bonds is 4. The van der Waals surface area contributed by atoms with Gasteiger partial charge in [0.2, 0.25) is 4.87 Å². The molecule has 0 bridgehead atoms. The Labute approximate surface area is 123 Å². The molecule has 0 spiro atoms. The normalized spacial score (nSPS) is 21.8. The highest BCUT2D eigenvalue weighted by molar-refractivity contribution is 8.05. The first-order valence-electron chi connectivity index (χ1n) is 6.46. The van der Waals surface area contributed by atoms with Crippen LogP contribution in [0.15, 0.2) is 11.1 Å². The van der Waals surface area contributed by atoms with Crippen molar-refractivity contribution in [3.05, 3.63) is 11.1 Å². The van der Waals surface area contributed by atoms with Gasteiger partial charge in [-0.2, -0.15) is 0 Å². The van der Waals surface area contributed by atoms with E-state index in [2.05, 4.69) is 10.6 Å². The molecule has 0 aromatic rings. The fourth-order valence-corrected chi connectivity index (χ4v) is 2.64. The predicted molar refractivity (Wildman–Crippen MR) is 78.1 cm³/mol. The first-order chi connectivity index (χ1) is 9.18. The van der Waals surface area contributed by atoms with Crippen molar-refractivity contribution in [2.24, 2.45) is 0 Å². The van der Waals surface area contributed by atoms with E-state index in [1.54, 1.807) is 33.9 Å². The molecule has 1 unspecified atom stereocenters. The molecule has 0 aliphatic carbocycles. The summed E-state index contributed by atoms with van der Waals surface area (Å²) in [5.41, 5.74) is -0.578. The molecule has 1 aliphatic rings. The Morgan fingerprint density at radius 3 is 2.55 bits per heavy atom. The highest BCUT2D eigenvalue weighted by Gasteiger charge is 2.44. The van der Waals surface area contributed by atoms with Crippen molar-refractivity contribution in [2.75, 3.05) is 13.2 Å². The zero-order valence-corrected chi connectivity index (χ0v) is 13.3. The molecule has 0 saturated carbocycles. The van der Waals surface area contributed by atoms with Gasteiger partial charge in [0.05, 0.1) is 13.2 Å². The van der Waals surface area contributed by atoms with Crippen LogP contribution < -0.4 is 10.6 Å². The van der Waals surface area contributed by atoms with E-state index in [1.807, 2.05) is 6.92 Å². The highest BCUT2D eigenvalue weighted by Crippen LogP contribution is 2.35. The second kappa shape index (κ2) is 6.39. The Morgan fingerprint density at radius 1 is 1.45 bits per heavy atom. The molecule has 0 saturated heterocycles. The lowest BCUT2D eigenvalue weighted by molar-refractivity contribution is -0.146. The molecule has 20 heavy (non-hydrogen) atoms. The van der Waals surface area contributed by atoms with Crippen LogP contribution in [0.25, 0.3) is 0 Å². The summed E-state index contributed by atoms with van der Waals surface area (Å²) >= 11 is 1.33. The molecule has 1 amide bonds. The average molecular weight is 302 g/mol. The molecule has 0 fully saturated rings. The molecule has 114 valence electrons. The third kappa shape index (κ3) is 4.63. The van der Waals surface area contributed by atoms with Gasteiger partial charge in [0.15, 0.2) is 0 Å². The molecule has 7 heteroatoms. The van der Waals surface area contributed by atoms with Crippen molar-refractivity contribution >= 4 is 23.8 Å². The maximum Gasteiger partial charge on any atom is 0.407 e. The van der Waals surface area contributed by atoms with Crippen molar-refractivity contribution in [1.82, 2.24) is 10.6 Å². The fraction of sp³-hybridized carbons (Fsp3) is 0.692. The number of ether oxygens (including phenoxy) is 2. The van der Waals surface area contributed by atoms with Gasteiger partial charge in [-0.1, -0.05) is 11.8 Å². The zero-order valence-electron chi connectivity index (χ0n) is 12.5. The van der Waals surface area contributed by atoms with Gasteiger partial charge in [0.25, 0.3) is 0 Å². The van der Waals surface area contributed by atoms with Gasteiger partial charge in [-0.3, -0.25) is 0 Å². The minimum absolute atomic E-state index is 0.0826.